The summed E-state index contributed by atoms with van der Waals surface area (Å²) in [5, 5.41) is 10.5. The first-order valence-corrected chi connectivity index (χ1v) is 8.94. The second-order valence-electron chi connectivity index (χ2n) is 6.82. The summed E-state index contributed by atoms with van der Waals surface area (Å²) in [5.41, 5.74) is 1.67. The fourth-order valence-electron chi connectivity index (χ4n) is 3.68. The molecule has 1 aliphatic carbocycles. The second-order valence-corrected chi connectivity index (χ2v) is 6.82. The third-order valence-electron chi connectivity index (χ3n) is 5.28. The average Bonchev–Trinajstić information content (AvgIpc) is 2.65. The molecule has 1 aromatic heterocycles. The Hall–Kier alpha value is -2.06. The third kappa shape index (κ3) is 3.43. The van der Waals surface area contributed by atoms with Crippen LogP contribution in [0.3, 0.4) is 0 Å². The molecular formula is C18H22F2N4O2. The summed E-state index contributed by atoms with van der Waals surface area (Å²) in [6.07, 6.45) is 0.564. The quantitative estimate of drug-likeness (QED) is 0.875. The molecule has 4 rings (SSSR count). The molecule has 2 atom stereocenters. The van der Waals surface area contributed by atoms with E-state index >= 15 is 0 Å². The van der Waals surface area contributed by atoms with Crippen molar-refractivity contribution in [3.8, 4) is 5.88 Å². The molecule has 0 radical (unpaired) electrons. The maximum atomic E-state index is 12.5. The van der Waals surface area contributed by atoms with Gasteiger partial charge in [-0.05, 0) is 31.0 Å². The maximum Gasteiger partial charge on any atom is 0.272 e. The minimum atomic E-state index is -2.54. The summed E-state index contributed by atoms with van der Waals surface area (Å²) in [4.78, 5) is 12.8. The van der Waals surface area contributed by atoms with Gasteiger partial charge in [0, 0.05) is 37.9 Å². The van der Waals surface area contributed by atoms with E-state index in [-0.39, 0.29) is 12.0 Å². The number of aliphatic hydroxyl groups excluding tert-OH is 1. The predicted octanol–water partition coefficient (Wildman–Crippen LogP) is 1.92. The zero-order valence-electron chi connectivity index (χ0n) is 14.4. The number of aliphatic hydroxyl groups is 1. The zero-order chi connectivity index (χ0) is 18.1. The van der Waals surface area contributed by atoms with E-state index in [0.717, 1.165) is 44.7 Å². The minimum absolute atomic E-state index is 0.186. The van der Waals surface area contributed by atoms with Crippen LogP contribution in [-0.4, -0.2) is 71.3 Å². The highest BCUT2D eigenvalue weighted by molar-refractivity contribution is 5.86. The Morgan fingerprint density at radius 3 is 2.62 bits per heavy atom. The van der Waals surface area contributed by atoms with Gasteiger partial charge in [0.2, 0.25) is 5.88 Å². The van der Waals surface area contributed by atoms with Crippen molar-refractivity contribution in [3.63, 3.8) is 0 Å². The van der Waals surface area contributed by atoms with Crippen molar-refractivity contribution in [1.82, 2.24) is 14.9 Å². The number of hydrogen-bond acceptors (Lipinski definition) is 6. The number of fused-ring (bicyclic) bond motifs is 1. The van der Waals surface area contributed by atoms with Crippen LogP contribution in [0.5, 0.6) is 5.88 Å². The Kier molecular flexibility index (Phi) is 4.86. The van der Waals surface area contributed by atoms with E-state index in [0.29, 0.717) is 16.9 Å². The normalized spacial score (nSPS) is 24.1. The van der Waals surface area contributed by atoms with Gasteiger partial charge in [-0.25, -0.2) is 18.7 Å². The molecule has 2 heterocycles. The van der Waals surface area contributed by atoms with Gasteiger partial charge in [-0.15, -0.1) is 0 Å². The van der Waals surface area contributed by atoms with Crippen LogP contribution in [-0.2, 0) is 0 Å². The van der Waals surface area contributed by atoms with Crippen LogP contribution in [0, 0.1) is 0 Å². The summed E-state index contributed by atoms with van der Waals surface area (Å²) < 4.78 is 30.1. The molecule has 1 aliphatic heterocycles. The monoisotopic (exact) mass is 364 g/mol. The Morgan fingerprint density at radius 1 is 1.15 bits per heavy atom. The molecule has 2 aliphatic rings. The molecule has 1 N–H and O–H groups in total. The van der Waals surface area contributed by atoms with Crippen molar-refractivity contribution in [2.75, 3.05) is 37.7 Å². The van der Waals surface area contributed by atoms with Crippen molar-refractivity contribution in [2.24, 2.45) is 0 Å². The van der Waals surface area contributed by atoms with Gasteiger partial charge in [0.15, 0.2) is 6.61 Å². The summed E-state index contributed by atoms with van der Waals surface area (Å²) in [7, 11) is 0. The van der Waals surface area contributed by atoms with Crippen molar-refractivity contribution in [2.45, 2.75) is 31.4 Å². The number of aromatic nitrogens is 2. The first-order valence-electron chi connectivity index (χ1n) is 8.94. The maximum absolute atomic E-state index is 12.5. The summed E-state index contributed by atoms with van der Waals surface area (Å²) in [5.74, 6) is 0.188. The van der Waals surface area contributed by atoms with Crippen molar-refractivity contribution in [1.29, 1.82) is 0 Å². The van der Waals surface area contributed by atoms with Crippen LogP contribution in [0.15, 0.2) is 24.5 Å². The molecule has 1 saturated heterocycles. The van der Waals surface area contributed by atoms with Crippen molar-refractivity contribution in [3.05, 3.63) is 24.5 Å². The number of benzene rings is 1. The third-order valence-corrected chi connectivity index (χ3v) is 5.28. The number of piperazine rings is 1. The Morgan fingerprint density at radius 2 is 1.96 bits per heavy atom. The number of rotatable bonds is 5. The van der Waals surface area contributed by atoms with Gasteiger partial charge in [0.05, 0.1) is 17.0 Å². The van der Waals surface area contributed by atoms with Crippen LogP contribution in [0.4, 0.5) is 14.5 Å². The number of anilines is 1. The highest BCUT2D eigenvalue weighted by Crippen LogP contribution is 2.30. The topological polar surface area (TPSA) is 61.7 Å². The molecule has 26 heavy (non-hydrogen) atoms. The lowest BCUT2D eigenvalue weighted by Gasteiger charge is -2.46. The number of ether oxygens (including phenoxy) is 1. The van der Waals surface area contributed by atoms with Crippen LogP contribution in [0.25, 0.3) is 10.9 Å². The van der Waals surface area contributed by atoms with Gasteiger partial charge < -0.3 is 14.7 Å². The summed E-state index contributed by atoms with van der Waals surface area (Å²) in [6.45, 7) is 2.84. The summed E-state index contributed by atoms with van der Waals surface area (Å²) >= 11 is 0. The van der Waals surface area contributed by atoms with E-state index in [1.165, 1.54) is 6.33 Å². The van der Waals surface area contributed by atoms with Gasteiger partial charge in [-0.3, -0.25) is 4.90 Å². The molecule has 0 amide bonds. The van der Waals surface area contributed by atoms with Gasteiger partial charge >= 0.3 is 0 Å². The predicted molar refractivity (Wildman–Crippen MR) is 93.9 cm³/mol. The van der Waals surface area contributed by atoms with Crippen molar-refractivity contribution < 1.29 is 18.6 Å². The van der Waals surface area contributed by atoms with Crippen LogP contribution in [0.1, 0.15) is 12.8 Å². The van der Waals surface area contributed by atoms with E-state index in [1.807, 2.05) is 18.2 Å². The number of alkyl halides is 2. The lowest BCUT2D eigenvalue weighted by atomic mass is 9.87. The smallest absolute Gasteiger partial charge is 0.272 e. The van der Waals surface area contributed by atoms with E-state index < -0.39 is 13.0 Å². The van der Waals surface area contributed by atoms with Gasteiger partial charge in [0.25, 0.3) is 6.43 Å². The number of hydrogen-bond donors (Lipinski definition) is 1. The molecule has 1 saturated carbocycles. The van der Waals surface area contributed by atoms with Gasteiger partial charge in [0.1, 0.15) is 6.33 Å². The standard InChI is InChI=1S/C18H22F2N4O2/c19-17(20)10-26-18-13-9-12(1-2-14(13)21-11-22-18)23-5-7-24(8-6-23)15-3-4-16(15)25/h1-2,9,11,15-17,25H,3-8,10H2. The van der Waals surface area contributed by atoms with Crippen LogP contribution >= 0.6 is 0 Å². The van der Waals surface area contributed by atoms with E-state index in [1.54, 1.807) is 0 Å². The van der Waals surface area contributed by atoms with Crippen LogP contribution < -0.4 is 9.64 Å². The average molecular weight is 364 g/mol. The first kappa shape index (κ1) is 17.4. The zero-order valence-corrected chi connectivity index (χ0v) is 14.4. The largest absolute Gasteiger partial charge is 0.471 e. The highest BCUT2D eigenvalue weighted by atomic mass is 19.3. The Bertz CT molecular complexity index is 768. The molecule has 1 aromatic carbocycles. The summed E-state index contributed by atoms with van der Waals surface area (Å²) in [6, 6.07) is 6.06. The molecule has 6 nitrogen and oxygen atoms in total. The molecule has 2 aromatic rings. The Balaban J connectivity index is 1.49. The lowest BCUT2D eigenvalue weighted by molar-refractivity contribution is -0.0229. The second kappa shape index (κ2) is 7.28. The molecule has 140 valence electrons. The molecule has 0 spiro atoms. The lowest BCUT2D eigenvalue weighted by Crippen LogP contribution is -2.57. The van der Waals surface area contributed by atoms with E-state index in [2.05, 4.69) is 19.8 Å². The fourth-order valence-corrected chi connectivity index (χ4v) is 3.68. The number of nitrogens with zero attached hydrogens (tertiary/aromatic N) is 4. The minimum Gasteiger partial charge on any atom is -0.471 e. The first-order chi connectivity index (χ1) is 12.6. The van der Waals surface area contributed by atoms with E-state index in [4.69, 9.17) is 4.74 Å². The van der Waals surface area contributed by atoms with Gasteiger partial charge in [-0.1, -0.05) is 0 Å². The molecule has 2 fully saturated rings. The Labute approximate surface area is 150 Å². The van der Waals surface area contributed by atoms with Crippen molar-refractivity contribution >= 4 is 16.6 Å². The molecule has 0 bridgehead atoms. The highest BCUT2D eigenvalue weighted by Gasteiger charge is 2.35. The number of halogens is 2. The SMILES string of the molecule is OC1CCC1N1CCN(c2ccc3ncnc(OCC(F)F)c3c2)CC1. The van der Waals surface area contributed by atoms with E-state index in [9.17, 15) is 13.9 Å². The van der Waals surface area contributed by atoms with Gasteiger partial charge in [-0.2, -0.15) is 0 Å². The fraction of sp³-hybridized carbons (Fsp3) is 0.556. The molecule has 2 unspecified atom stereocenters. The molecular weight excluding hydrogens is 342 g/mol. The van der Waals surface area contributed by atoms with Crippen LogP contribution in [0.2, 0.25) is 0 Å². The molecule has 8 heteroatoms.